The van der Waals surface area contributed by atoms with Crippen molar-refractivity contribution in [2.75, 3.05) is 18.5 Å². The fourth-order valence-corrected chi connectivity index (χ4v) is 5.74. The van der Waals surface area contributed by atoms with Crippen LogP contribution in [0.2, 0.25) is 5.02 Å². The largest absolute Gasteiger partial charge is 0.471 e. The van der Waals surface area contributed by atoms with Gasteiger partial charge in [-0.15, -0.1) is 0 Å². The number of aryl methyl sites for hydroxylation is 1. The van der Waals surface area contributed by atoms with Crippen LogP contribution in [0.4, 0.5) is 10.2 Å². The van der Waals surface area contributed by atoms with E-state index in [1.54, 1.807) is 13.0 Å². The molecule has 16 heteroatoms. The second-order valence-electron chi connectivity index (χ2n) is 10.5. The molecule has 0 unspecified atom stereocenters. The summed E-state index contributed by atoms with van der Waals surface area (Å²) >= 11 is 6.58. The predicted octanol–water partition coefficient (Wildman–Crippen LogP) is 5.32. The minimum absolute atomic E-state index is 0.0234. The van der Waals surface area contributed by atoms with Crippen LogP contribution in [-0.4, -0.2) is 60.6 Å². The van der Waals surface area contributed by atoms with Crippen molar-refractivity contribution in [3.63, 3.8) is 0 Å². The second-order valence-corrected chi connectivity index (χ2v) is 12.1. The maximum Gasteiger partial charge on any atom is 0.471 e. The summed E-state index contributed by atoms with van der Waals surface area (Å²) in [6.45, 7) is 1.32. The van der Waals surface area contributed by atoms with E-state index < -0.39 is 26.2 Å². The normalized spacial score (nSPS) is 17.2. The first-order valence-electron chi connectivity index (χ1n) is 13.7. The molecule has 1 fully saturated rings. The van der Waals surface area contributed by atoms with Gasteiger partial charge in [-0.3, -0.25) is 9.32 Å². The summed E-state index contributed by atoms with van der Waals surface area (Å²) in [6.07, 6.45) is 3.60. The topological polar surface area (TPSA) is 178 Å². The minimum Gasteiger partial charge on any atom is -0.457 e. The van der Waals surface area contributed by atoms with Crippen molar-refractivity contribution in [2.45, 2.75) is 38.6 Å². The summed E-state index contributed by atoms with van der Waals surface area (Å²) in [4.78, 5) is 41.1. The average Bonchev–Trinajstić information content (AvgIpc) is 3.56. The SMILES string of the molecule is Cc1cc2cc(F)cc(Oc3ccc(C(=O)c4cn(COP(=O)(O)O)c5ncnc(N[C@@H]6CC[C@@H](CO)OC6)c45)c(Cl)c3)c2o1. The number of carbonyl (C=O) groups is 1. The highest BCUT2D eigenvalue weighted by Crippen LogP contribution is 2.39. The first-order chi connectivity index (χ1) is 21.5. The number of ether oxygens (including phenoxy) is 2. The molecule has 1 saturated heterocycles. The number of carbonyl (C=O) groups excluding carboxylic acids is 1. The molecular formula is C29H27ClFN4O9P. The lowest BCUT2D eigenvalue weighted by Crippen LogP contribution is -2.36. The number of hydrogen-bond donors (Lipinski definition) is 4. The molecule has 0 spiro atoms. The molecule has 0 bridgehead atoms. The average molecular weight is 661 g/mol. The van der Waals surface area contributed by atoms with Gasteiger partial charge in [0, 0.05) is 29.3 Å². The van der Waals surface area contributed by atoms with Gasteiger partial charge in [0.15, 0.2) is 17.1 Å². The van der Waals surface area contributed by atoms with Crippen molar-refractivity contribution in [3.05, 3.63) is 76.6 Å². The summed E-state index contributed by atoms with van der Waals surface area (Å²) < 4.78 is 48.8. The van der Waals surface area contributed by atoms with Gasteiger partial charge in [-0.2, -0.15) is 0 Å². The van der Waals surface area contributed by atoms with Crippen molar-refractivity contribution in [1.82, 2.24) is 14.5 Å². The molecule has 0 aliphatic carbocycles. The molecule has 0 amide bonds. The Hall–Kier alpha value is -3.88. The summed E-state index contributed by atoms with van der Waals surface area (Å²) in [5, 5.41) is 13.5. The fraction of sp³-hybridized carbons (Fsp3) is 0.276. The van der Waals surface area contributed by atoms with Crippen molar-refractivity contribution < 1.29 is 47.1 Å². The molecular weight excluding hydrogens is 634 g/mol. The van der Waals surface area contributed by atoms with Crippen LogP contribution in [0.3, 0.4) is 0 Å². The third-order valence-electron chi connectivity index (χ3n) is 7.26. The molecule has 1 aliphatic rings. The standard InChI is InChI=1S/C29H27ClFN4O9P/c1-15-6-16-7-17(31)8-24(27(16)43-15)44-19-4-5-21(23(30)9-19)26(37)22-10-35(14-42-45(38,39)40)29-25(22)28(32-13-33-29)34-18-2-3-20(11-36)41-12-18/h4-10,13,18,20,36H,2-3,11-12,14H2,1H3,(H,32,33,34)(H2,38,39,40)/t18-,20+/m1/s1. The number of nitrogens with one attached hydrogen (secondary N) is 1. The Morgan fingerprint density at radius 1 is 1.20 bits per heavy atom. The first kappa shape index (κ1) is 31.1. The molecule has 3 aromatic heterocycles. The lowest BCUT2D eigenvalue weighted by atomic mass is 10.0. The molecule has 13 nitrogen and oxygen atoms in total. The number of halogens is 2. The summed E-state index contributed by atoms with van der Waals surface area (Å²) in [5.41, 5.74) is 0.694. The van der Waals surface area contributed by atoms with Gasteiger partial charge in [-0.1, -0.05) is 11.6 Å². The molecule has 45 heavy (non-hydrogen) atoms. The van der Waals surface area contributed by atoms with Gasteiger partial charge in [0.25, 0.3) is 0 Å². The smallest absolute Gasteiger partial charge is 0.457 e. The molecule has 4 N–H and O–H groups in total. The van der Waals surface area contributed by atoms with Crippen LogP contribution in [0.1, 0.15) is 34.5 Å². The Morgan fingerprint density at radius 2 is 2.02 bits per heavy atom. The Morgan fingerprint density at radius 3 is 2.73 bits per heavy atom. The lowest BCUT2D eigenvalue weighted by Gasteiger charge is -2.29. The van der Waals surface area contributed by atoms with E-state index in [1.807, 2.05) is 0 Å². The van der Waals surface area contributed by atoms with E-state index in [0.717, 1.165) is 0 Å². The number of anilines is 1. The number of aliphatic hydroxyl groups excluding tert-OH is 1. The van der Waals surface area contributed by atoms with Crippen LogP contribution in [0.5, 0.6) is 11.5 Å². The molecule has 4 heterocycles. The van der Waals surface area contributed by atoms with Crippen molar-refractivity contribution in [3.8, 4) is 11.5 Å². The van der Waals surface area contributed by atoms with E-state index in [4.69, 9.17) is 25.5 Å². The van der Waals surface area contributed by atoms with Gasteiger partial charge in [0.05, 0.1) is 41.3 Å². The number of phosphoric acid groups is 1. The summed E-state index contributed by atoms with van der Waals surface area (Å²) in [7, 11) is -4.86. The van der Waals surface area contributed by atoms with Gasteiger partial charge in [0.1, 0.15) is 41.9 Å². The van der Waals surface area contributed by atoms with Gasteiger partial charge in [0.2, 0.25) is 0 Å². The third-order valence-corrected chi connectivity index (χ3v) is 8.03. The van der Waals surface area contributed by atoms with Crippen molar-refractivity contribution in [1.29, 1.82) is 0 Å². The summed E-state index contributed by atoms with van der Waals surface area (Å²) in [6, 6.07) is 8.34. The van der Waals surface area contributed by atoms with E-state index in [-0.39, 0.29) is 69.9 Å². The monoisotopic (exact) mass is 660 g/mol. The Bertz CT molecular complexity index is 1950. The zero-order valence-corrected chi connectivity index (χ0v) is 25.3. The van der Waals surface area contributed by atoms with Crippen LogP contribution in [-0.2, 0) is 20.6 Å². The number of hydrogen-bond acceptors (Lipinski definition) is 10. The van der Waals surface area contributed by atoms with Crippen LogP contribution in [0, 0.1) is 12.7 Å². The fourth-order valence-electron chi connectivity index (χ4n) is 5.20. The van der Waals surface area contributed by atoms with E-state index in [0.29, 0.717) is 29.6 Å². The Balaban J connectivity index is 1.34. The Kier molecular flexibility index (Phi) is 8.63. The molecule has 1 aliphatic heterocycles. The summed E-state index contributed by atoms with van der Waals surface area (Å²) in [5.74, 6) is 0.155. The number of phosphoric ester groups is 1. The zero-order chi connectivity index (χ0) is 31.9. The maximum absolute atomic E-state index is 14.2. The molecule has 5 aromatic rings. The van der Waals surface area contributed by atoms with Gasteiger partial charge in [-0.25, -0.2) is 18.9 Å². The maximum atomic E-state index is 14.2. The highest BCUT2D eigenvalue weighted by atomic mass is 35.5. The minimum atomic E-state index is -4.86. The zero-order valence-electron chi connectivity index (χ0n) is 23.6. The molecule has 0 saturated carbocycles. The van der Waals surface area contributed by atoms with Crippen molar-refractivity contribution in [2.24, 2.45) is 0 Å². The quantitative estimate of drug-likeness (QED) is 0.112. The number of rotatable bonds is 10. The highest BCUT2D eigenvalue weighted by molar-refractivity contribution is 7.46. The van der Waals surface area contributed by atoms with Crippen LogP contribution >= 0.6 is 19.4 Å². The molecule has 6 rings (SSSR count). The lowest BCUT2D eigenvalue weighted by molar-refractivity contribution is -0.0224. The van der Waals surface area contributed by atoms with Crippen molar-refractivity contribution >= 4 is 53.0 Å². The van der Waals surface area contributed by atoms with E-state index in [2.05, 4.69) is 19.8 Å². The highest BCUT2D eigenvalue weighted by Gasteiger charge is 2.27. The molecule has 2 aromatic carbocycles. The van der Waals surface area contributed by atoms with Crippen LogP contribution < -0.4 is 10.1 Å². The molecule has 2 atom stereocenters. The second kappa shape index (κ2) is 12.5. The Labute approximate surface area is 259 Å². The van der Waals surface area contributed by atoms with E-state index in [1.165, 1.54) is 47.4 Å². The van der Waals surface area contributed by atoms with Crippen LogP contribution in [0.25, 0.3) is 22.0 Å². The first-order valence-corrected chi connectivity index (χ1v) is 15.6. The van der Waals surface area contributed by atoms with Crippen LogP contribution in [0.15, 0.2) is 53.3 Å². The van der Waals surface area contributed by atoms with Gasteiger partial charge in [-0.05, 0) is 44.0 Å². The van der Waals surface area contributed by atoms with Gasteiger partial charge < -0.3 is 38.7 Å². The van der Waals surface area contributed by atoms with E-state index in [9.17, 15) is 28.6 Å². The number of benzene rings is 2. The number of fused-ring (bicyclic) bond motifs is 2. The number of furan rings is 1. The predicted molar refractivity (Wildman–Crippen MR) is 160 cm³/mol. The number of aromatic nitrogens is 3. The molecule has 0 radical (unpaired) electrons. The third kappa shape index (κ3) is 6.72. The number of nitrogens with zero attached hydrogens (tertiary/aromatic N) is 3. The number of ketones is 1. The number of aliphatic hydroxyl groups is 1. The van der Waals surface area contributed by atoms with Gasteiger partial charge >= 0.3 is 7.82 Å². The molecule has 236 valence electrons. The van der Waals surface area contributed by atoms with E-state index >= 15 is 0 Å².